The lowest BCUT2D eigenvalue weighted by molar-refractivity contribution is 0.668. The first-order valence-corrected chi connectivity index (χ1v) is 7.20. The Morgan fingerprint density at radius 1 is 1.10 bits per heavy atom. The van der Waals surface area contributed by atoms with Crippen LogP contribution in [0.4, 0.5) is 5.82 Å². The Bertz CT molecular complexity index is 589. The minimum absolute atomic E-state index is 0.477. The fraction of sp³-hybridized carbons (Fsp3) is 0.375. The zero-order valence-corrected chi connectivity index (χ0v) is 11.8. The highest BCUT2D eigenvalue weighted by Crippen LogP contribution is 2.35. The second-order valence-corrected chi connectivity index (χ2v) is 5.40. The molecule has 20 heavy (non-hydrogen) atoms. The molecule has 1 heterocycles. The van der Waals surface area contributed by atoms with Crippen molar-refractivity contribution >= 4 is 5.82 Å². The minimum atomic E-state index is 0.477. The summed E-state index contributed by atoms with van der Waals surface area (Å²) in [6, 6.07) is 10.2. The van der Waals surface area contributed by atoms with Crippen molar-refractivity contribution in [1.29, 1.82) is 0 Å². The summed E-state index contributed by atoms with van der Waals surface area (Å²) in [4.78, 5) is 9.44. The molecule has 3 rings (SSSR count). The molecule has 0 saturated heterocycles. The molecule has 1 aliphatic rings. The molecule has 1 aromatic heterocycles. The van der Waals surface area contributed by atoms with Crippen molar-refractivity contribution in [3.63, 3.8) is 0 Å². The van der Waals surface area contributed by atoms with Crippen LogP contribution in [0.5, 0.6) is 0 Å². The lowest BCUT2D eigenvalue weighted by Gasteiger charge is -2.15. The molecule has 0 aliphatic heterocycles. The molecule has 3 N–H and O–H groups in total. The number of nitrogens with one attached hydrogen (secondary N) is 1. The first kappa shape index (κ1) is 13.1. The Labute approximate surface area is 119 Å². The summed E-state index contributed by atoms with van der Waals surface area (Å²) in [5, 5.41) is 0. The number of anilines is 1. The maximum atomic E-state index is 5.62. The van der Waals surface area contributed by atoms with Crippen molar-refractivity contribution in [2.75, 3.05) is 5.43 Å². The van der Waals surface area contributed by atoms with Crippen molar-refractivity contribution in [1.82, 2.24) is 9.97 Å². The molecule has 2 aromatic rings. The summed E-state index contributed by atoms with van der Waals surface area (Å²) >= 11 is 0. The molecule has 0 amide bonds. The van der Waals surface area contributed by atoms with Gasteiger partial charge in [0.2, 0.25) is 0 Å². The van der Waals surface area contributed by atoms with Crippen LogP contribution in [-0.4, -0.2) is 9.97 Å². The summed E-state index contributed by atoms with van der Waals surface area (Å²) in [5.41, 5.74) is 5.81. The number of nitrogen functional groups attached to an aromatic ring is 1. The zero-order chi connectivity index (χ0) is 13.9. The van der Waals surface area contributed by atoms with E-state index in [4.69, 9.17) is 10.8 Å². The molecule has 0 unspecified atom stereocenters. The average molecular weight is 268 g/mol. The number of aromatic nitrogens is 2. The maximum Gasteiger partial charge on any atom is 0.147 e. The number of nitrogens with two attached hydrogens (primary N) is 1. The highest BCUT2D eigenvalue weighted by Gasteiger charge is 2.22. The molecule has 0 radical (unpaired) electrons. The van der Waals surface area contributed by atoms with Crippen molar-refractivity contribution < 1.29 is 0 Å². The van der Waals surface area contributed by atoms with E-state index in [9.17, 15) is 0 Å². The van der Waals surface area contributed by atoms with Crippen LogP contribution < -0.4 is 11.3 Å². The summed E-state index contributed by atoms with van der Waals surface area (Å²) in [5.74, 6) is 7.77. The molecule has 0 atom stereocenters. The number of hydrazine groups is 1. The molecule has 4 nitrogen and oxygen atoms in total. The van der Waals surface area contributed by atoms with Gasteiger partial charge in [0.25, 0.3) is 0 Å². The van der Waals surface area contributed by atoms with E-state index in [1.54, 1.807) is 0 Å². The van der Waals surface area contributed by atoms with E-state index >= 15 is 0 Å². The third-order valence-corrected chi connectivity index (χ3v) is 4.07. The van der Waals surface area contributed by atoms with Crippen LogP contribution in [0, 0.1) is 6.92 Å². The van der Waals surface area contributed by atoms with Crippen molar-refractivity contribution in [2.45, 2.75) is 38.5 Å². The summed E-state index contributed by atoms with van der Waals surface area (Å²) in [7, 11) is 0. The van der Waals surface area contributed by atoms with Gasteiger partial charge in [-0.05, 0) is 19.8 Å². The fourth-order valence-corrected chi connectivity index (χ4v) is 2.92. The van der Waals surface area contributed by atoms with Crippen LogP contribution in [-0.2, 0) is 0 Å². The minimum Gasteiger partial charge on any atom is -0.308 e. The van der Waals surface area contributed by atoms with Gasteiger partial charge in [-0.2, -0.15) is 0 Å². The summed E-state index contributed by atoms with van der Waals surface area (Å²) in [6.45, 7) is 2.01. The Morgan fingerprint density at radius 3 is 2.45 bits per heavy atom. The third-order valence-electron chi connectivity index (χ3n) is 4.07. The molecule has 1 aliphatic carbocycles. The van der Waals surface area contributed by atoms with Crippen LogP contribution in [0.25, 0.3) is 11.3 Å². The van der Waals surface area contributed by atoms with Gasteiger partial charge in [0, 0.05) is 17.0 Å². The van der Waals surface area contributed by atoms with Crippen LogP contribution in [0.15, 0.2) is 30.3 Å². The highest BCUT2D eigenvalue weighted by atomic mass is 15.3. The smallest absolute Gasteiger partial charge is 0.147 e. The molecule has 104 valence electrons. The lowest BCUT2D eigenvalue weighted by atomic mass is 10.0. The topological polar surface area (TPSA) is 63.8 Å². The average Bonchev–Trinajstić information content (AvgIpc) is 3.03. The SMILES string of the molecule is Cc1c(NN)nc(C2CCCC2)nc1-c1ccccc1. The molecular weight excluding hydrogens is 248 g/mol. The van der Waals surface area contributed by atoms with Gasteiger partial charge in [-0.15, -0.1) is 0 Å². The second-order valence-electron chi connectivity index (χ2n) is 5.40. The van der Waals surface area contributed by atoms with E-state index in [2.05, 4.69) is 22.5 Å². The second kappa shape index (κ2) is 5.59. The van der Waals surface area contributed by atoms with Gasteiger partial charge in [-0.25, -0.2) is 15.8 Å². The predicted molar refractivity (Wildman–Crippen MR) is 81.2 cm³/mol. The van der Waals surface area contributed by atoms with E-state index < -0.39 is 0 Å². The van der Waals surface area contributed by atoms with Crippen LogP contribution in [0.3, 0.4) is 0 Å². The van der Waals surface area contributed by atoms with Crippen molar-refractivity contribution in [3.8, 4) is 11.3 Å². The first-order chi connectivity index (χ1) is 9.79. The van der Waals surface area contributed by atoms with E-state index in [1.165, 1.54) is 25.7 Å². The van der Waals surface area contributed by atoms with Gasteiger partial charge in [0.05, 0.1) is 5.69 Å². The van der Waals surface area contributed by atoms with Crippen molar-refractivity contribution in [2.24, 2.45) is 5.84 Å². The molecular formula is C16H20N4. The molecule has 0 bridgehead atoms. The Morgan fingerprint density at radius 2 is 1.80 bits per heavy atom. The van der Waals surface area contributed by atoms with E-state index in [0.29, 0.717) is 5.92 Å². The Balaban J connectivity index is 2.10. The van der Waals surface area contributed by atoms with Gasteiger partial charge < -0.3 is 5.43 Å². The predicted octanol–water partition coefficient (Wildman–Crippen LogP) is 3.40. The van der Waals surface area contributed by atoms with E-state index in [-0.39, 0.29) is 0 Å². The molecule has 1 aromatic carbocycles. The van der Waals surface area contributed by atoms with Gasteiger partial charge in [0.1, 0.15) is 11.6 Å². The monoisotopic (exact) mass is 268 g/mol. The lowest BCUT2D eigenvalue weighted by Crippen LogP contribution is -2.14. The highest BCUT2D eigenvalue weighted by molar-refractivity contribution is 5.68. The van der Waals surface area contributed by atoms with E-state index in [1.807, 2.05) is 25.1 Å². The summed E-state index contributed by atoms with van der Waals surface area (Å²) < 4.78 is 0. The van der Waals surface area contributed by atoms with Crippen LogP contribution >= 0.6 is 0 Å². The number of nitrogens with zero attached hydrogens (tertiary/aromatic N) is 2. The number of hydrogen-bond acceptors (Lipinski definition) is 4. The molecule has 1 saturated carbocycles. The van der Waals surface area contributed by atoms with Crippen molar-refractivity contribution in [3.05, 3.63) is 41.7 Å². The van der Waals surface area contributed by atoms with Gasteiger partial charge >= 0.3 is 0 Å². The third kappa shape index (κ3) is 2.39. The fourth-order valence-electron chi connectivity index (χ4n) is 2.92. The summed E-state index contributed by atoms with van der Waals surface area (Å²) in [6.07, 6.45) is 4.91. The van der Waals surface area contributed by atoms with Gasteiger partial charge in [-0.3, -0.25) is 0 Å². The standard InChI is InChI=1S/C16H20N4/c1-11-14(12-7-3-2-4-8-12)18-16(19-15(11)20-17)13-9-5-6-10-13/h2-4,7-8,13H,5-6,9-10,17H2,1H3,(H,18,19,20). The Hall–Kier alpha value is -1.94. The zero-order valence-electron chi connectivity index (χ0n) is 11.8. The molecule has 4 heteroatoms. The quantitative estimate of drug-likeness (QED) is 0.661. The van der Waals surface area contributed by atoms with Gasteiger partial charge in [0.15, 0.2) is 0 Å². The van der Waals surface area contributed by atoms with E-state index in [0.717, 1.165) is 28.5 Å². The van der Waals surface area contributed by atoms with Gasteiger partial charge in [-0.1, -0.05) is 43.2 Å². The normalized spacial score (nSPS) is 15.5. The number of rotatable bonds is 3. The number of benzene rings is 1. The first-order valence-electron chi connectivity index (χ1n) is 7.20. The molecule has 0 spiro atoms. The largest absolute Gasteiger partial charge is 0.308 e. The van der Waals surface area contributed by atoms with Crippen LogP contribution in [0.1, 0.15) is 43.0 Å². The van der Waals surface area contributed by atoms with Crippen LogP contribution in [0.2, 0.25) is 0 Å². The molecule has 1 fully saturated rings. The number of hydrogen-bond donors (Lipinski definition) is 2. The Kier molecular flexibility index (Phi) is 3.65. The maximum absolute atomic E-state index is 5.62.